The summed E-state index contributed by atoms with van der Waals surface area (Å²) in [6.45, 7) is 12.9. The molecule has 3 aliphatic rings. The third-order valence-electron chi connectivity index (χ3n) is 6.07. The van der Waals surface area contributed by atoms with Crippen molar-refractivity contribution >= 4 is 35.0 Å². The number of benzene rings is 1. The van der Waals surface area contributed by atoms with Crippen molar-refractivity contribution < 1.29 is 4.79 Å². The van der Waals surface area contributed by atoms with Crippen LogP contribution in [0.4, 0.5) is 5.69 Å². The van der Waals surface area contributed by atoms with Gasteiger partial charge in [-0.25, -0.2) is 0 Å². The summed E-state index contributed by atoms with van der Waals surface area (Å²) in [6, 6.07) is 8.22. The predicted molar refractivity (Wildman–Crippen MR) is 115 cm³/mol. The molecule has 4 rings (SSSR count). The molecule has 4 atom stereocenters. The first-order chi connectivity index (χ1) is 12.6. The third-order valence-corrected chi connectivity index (χ3v) is 9.51. The van der Waals surface area contributed by atoms with Crippen LogP contribution in [0.15, 0.2) is 36.4 Å². The van der Waals surface area contributed by atoms with Crippen molar-refractivity contribution in [2.45, 2.75) is 47.8 Å². The highest BCUT2D eigenvalue weighted by molar-refractivity contribution is 8.14. The van der Waals surface area contributed by atoms with Crippen LogP contribution in [0.25, 0.3) is 0 Å². The van der Waals surface area contributed by atoms with Crippen LogP contribution >= 0.6 is 23.5 Å². The molecule has 0 amide bonds. The van der Waals surface area contributed by atoms with Gasteiger partial charge in [0, 0.05) is 29.6 Å². The van der Waals surface area contributed by atoms with Gasteiger partial charge in [-0.2, -0.15) is 0 Å². The van der Waals surface area contributed by atoms with Gasteiger partial charge in [0.1, 0.15) is 4.75 Å². The van der Waals surface area contributed by atoms with Crippen molar-refractivity contribution in [3.05, 3.63) is 42.0 Å². The molecule has 0 saturated carbocycles. The lowest BCUT2D eigenvalue weighted by atomic mass is 9.86. The zero-order chi connectivity index (χ0) is 18.5. The van der Waals surface area contributed by atoms with E-state index >= 15 is 0 Å². The molecule has 2 heterocycles. The number of hydrogen-bond donors (Lipinski definition) is 0. The van der Waals surface area contributed by atoms with E-state index in [4.69, 9.17) is 0 Å². The number of carbonyl (C=O) groups is 1. The van der Waals surface area contributed by atoms with Crippen LogP contribution < -0.4 is 4.90 Å². The van der Waals surface area contributed by atoms with Gasteiger partial charge in [0.25, 0.3) is 0 Å². The second-order valence-corrected chi connectivity index (χ2v) is 9.99. The van der Waals surface area contributed by atoms with Crippen molar-refractivity contribution in [1.29, 1.82) is 0 Å². The summed E-state index contributed by atoms with van der Waals surface area (Å²) in [5.41, 5.74) is 2.04. The van der Waals surface area contributed by atoms with Crippen molar-refractivity contribution in [2.24, 2.45) is 0 Å². The van der Waals surface area contributed by atoms with Crippen LogP contribution in [0.2, 0.25) is 0 Å². The second kappa shape index (κ2) is 6.61. The maximum Gasteiger partial charge on any atom is 0.183 e. The quantitative estimate of drug-likeness (QED) is 0.375. The molecular weight excluding hydrogens is 360 g/mol. The Labute approximate surface area is 165 Å². The van der Waals surface area contributed by atoms with E-state index in [1.165, 1.54) is 5.69 Å². The summed E-state index contributed by atoms with van der Waals surface area (Å²) in [5.74, 6) is 0.287. The van der Waals surface area contributed by atoms with Gasteiger partial charge in [-0.05, 0) is 51.2 Å². The molecule has 140 valence electrons. The molecule has 2 aliphatic heterocycles. The lowest BCUT2D eigenvalue weighted by molar-refractivity contribution is 0.0970. The van der Waals surface area contributed by atoms with E-state index in [1.54, 1.807) is 0 Å². The first-order valence-electron chi connectivity index (χ1n) is 9.77. The molecule has 2 saturated heterocycles. The first kappa shape index (κ1) is 18.5. The fourth-order valence-corrected chi connectivity index (χ4v) is 7.87. The molecule has 0 spiro atoms. The van der Waals surface area contributed by atoms with Crippen molar-refractivity contribution in [1.82, 2.24) is 4.90 Å². The maximum atomic E-state index is 13.3. The average molecular weight is 389 g/mol. The molecule has 4 unspecified atom stereocenters. The third kappa shape index (κ3) is 2.58. The van der Waals surface area contributed by atoms with Gasteiger partial charge in [0.15, 0.2) is 5.78 Å². The largest absolute Gasteiger partial charge is 0.372 e. The number of ketones is 1. The lowest BCUT2D eigenvalue weighted by Gasteiger charge is -2.29. The second-order valence-electron chi connectivity index (χ2n) is 7.18. The van der Waals surface area contributed by atoms with Gasteiger partial charge in [0.05, 0.1) is 10.1 Å². The summed E-state index contributed by atoms with van der Waals surface area (Å²) in [7, 11) is 0. The molecule has 3 nitrogen and oxygen atoms in total. The van der Waals surface area contributed by atoms with Crippen LogP contribution in [0.5, 0.6) is 0 Å². The zero-order valence-corrected chi connectivity index (χ0v) is 17.7. The highest BCUT2D eigenvalue weighted by Crippen LogP contribution is 2.74. The zero-order valence-electron chi connectivity index (χ0n) is 16.1. The Morgan fingerprint density at radius 3 is 2.15 bits per heavy atom. The predicted octanol–water partition coefficient (Wildman–Crippen LogP) is 4.29. The number of likely N-dealkylation sites (N-methyl/N-ethyl adjacent to an activating group) is 1. The Morgan fingerprint density at radius 2 is 1.58 bits per heavy atom. The molecule has 26 heavy (non-hydrogen) atoms. The van der Waals surface area contributed by atoms with Crippen LogP contribution in [-0.4, -0.2) is 57.0 Å². The SMILES string of the molecule is CCN(CC)c1ccc(C(=O)C23C=CC4(N(CC)CC)SC4C2S3)cc1. The Hall–Kier alpha value is -0.910. The van der Waals surface area contributed by atoms with Gasteiger partial charge in [-0.3, -0.25) is 9.69 Å². The van der Waals surface area contributed by atoms with Crippen molar-refractivity contribution in [2.75, 3.05) is 31.1 Å². The minimum absolute atomic E-state index is 0.161. The number of nitrogens with zero attached hydrogens (tertiary/aromatic N) is 2. The minimum atomic E-state index is -0.304. The van der Waals surface area contributed by atoms with Crippen molar-refractivity contribution in [3.63, 3.8) is 0 Å². The fraction of sp³-hybridized carbons (Fsp3) is 0.571. The summed E-state index contributed by atoms with van der Waals surface area (Å²) in [4.78, 5) is 18.3. The minimum Gasteiger partial charge on any atom is -0.372 e. The number of thioether (sulfide) groups is 2. The molecule has 1 aromatic carbocycles. The molecule has 5 heteroatoms. The number of hydrogen-bond acceptors (Lipinski definition) is 5. The molecule has 0 bridgehead atoms. The molecular formula is C21H28N2OS2. The number of Topliss-reactive ketones (excluding diaryl/α,β-unsaturated/α-hetero) is 1. The molecule has 1 aliphatic carbocycles. The molecule has 0 N–H and O–H groups in total. The van der Waals surface area contributed by atoms with Gasteiger partial charge in [-0.1, -0.05) is 26.0 Å². The summed E-state index contributed by atoms with van der Waals surface area (Å²) < 4.78 is -0.304. The van der Waals surface area contributed by atoms with E-state index in [1.807, 2.05) is 35.7 Å². The Morgan fingerprint density at radius 1 is 0.923 bits per heavy atom. The highest BCUT2D eigenvalue weighted by Gasteiger charge is 2.76. The lowest BCUT2D eigenvalue weighted by Crippen LogP contribution is -2.43. The van der Waals surface area contributed by atoms with Crippen LogP contribution in [0.1, 0.15) is 38.1 Å². The van der Waals surface area contributed by atoms with E-state index in [9.17, 15) is 4.79 Å². The molecule has 0 radical (unpaired) electrons. The number of anilines is 1. The number of carbonyl (C=O) groups excluding carboxylic acids is 1. The Kier molecular flexibility index (Phi) is 4.69. The molecule has 2 fully saturated rings. The highest BCUT2D eigenvalue weighted by atomic mass is 32.2. The first-order valence-corrected chi connectivity index (χ1v) is 11.5. The van der Waals surface area contributed by atoms with Gasteiger partial charge in [0.2, 0.25) is 0 Å². The van der Waals surface area contributed by atoms with Crippen LogP contribution in [0.3, 0.4) is 0 Å². The van der Waals surface area contributed by atoms with E-state index in [0.717, 1.165) is 31.7 Å². The number of rotatable bonds is 8. The van der Waals surface area contributed by atoms with Gasteiger partial charge in [-0.15, -0.1) is 23.5 Å². The van der Waals surface area contributed by atoms with Crippen LogP contribution in [0, 0.1) is 0 Å². The van der Waals surface area contributed by atoms with Crippen molar-refractivity contribution in [3.8, 4) is 0 Å². The topological polar surface area (TPSA) is 23.6 Å². The Bertz CT molecular complexity index is 726. The van der Waals surface area contributed by atoms with E-state index in [2.05, 4.69) is 61.8 Å². The van der Waals surface area contributed by atoms with Gasteiger partial charge < -0.3 is 4.90 Å². The standard InChI is InChI=1S/C21H28N2OS2/c1-5-22(6-2)16-11-9-15(10-12-16)17(24)20-13-14-21(23(7-3)8-4)19(26-21)18(20)25-20/h9-14,18-19H,5-8H2,1-4H3. The molecule has 1 aromatic rings. The monoisotopic (exact) mass is 388 g/mol. The van der Waals surface area contributed by atoms with E-state index in [0.29, 0.717) is 10.5 Å². The van der Waals surface area contributed by atoms with E-state index in [-0.39, 0.29) is 15.4 Å². The normalized spacial score (nSPS) is 33.6. The average Bonchev–Trinajstić information content (AvgIpc) is 3.56. The number of fused-ring (bicyclic) bond motifs is 3. The summed E-state index contributed by atoms with van der Waals surface area (Å²) in [5, 5.41) is 1.00. The van der Waals surface area contributed by atoms with Crippen LogP contribution in [-0.2, 0) is 0 Å². The fourth-order valence-electron chi connectivity index (χ4n) is 4.40. The van der Waals surface area contributed by atoms with E-state index < -0.39 is 0 Å². The maximum absolute atomic E-state index is 13.3. The Balaban J connectivity index is 1.53. The van der Waals surface area contributed by atoms with Gasteiger partial charge >= 0.3 is 0 Å². The summed E-state index contributed by atoms with van der Waals surface area (Å²) >= 11 is 3.90. The summed E-state index contributed by atoms with van der Waals surface area (Å²) in [6.07, 6.45) is 4.55. The smallest absolute Gasteiger partial charge is 0.183 e. The molecule has 0 aromatic heterocycles.